The molecule has 1 aliphatic heterocycles. The fraction of sp³-hybridized carbons (Fsp3) is 0.400. The van der Waals surface area contributed by atoms with Crippen LogP contribution in [0, 0.1) is 5.92 Å². The molecule has 0 radical (unpaired) electrons. The molecule has 4 nitrogen and oxygen atoms in total. The van der Waals surface area contributed by atoms with Crippen LogP contribution in [0.4, 0.5) is 0 Å². The summed E-state index contributed by atoms with van der Waals surface area (Å²) in [5.41, 5.74) is 2.03. The van der Waals surface area contributed by atoms with Gasteiger partial charge >= 0.3 is 0 Å². The molecule has 20 heavy (non-hydrogen) atoms. The molecule has 2 atom stereocenters. The zero-order chi connectivity index (χ0) is 14.2. The number of pyridine rings is 1. The van der Waals surface area contributed by atoms with Crippen LogP contribution < -0.4 is 5.32 Å². The van der Waals surface area contributed by atoms with Crippen LogP contribution in [0.15, 0.2) is 36.5 Å². The minimum Gasteiger partial charge on any atom is -0.313 e. The molecule has 1 fully saturated rings. The number of sulfone groups is 1. The van der Waals surface area contributed by atoms with Gasteiger partial charge in [-0.3, -0.25) is 4.98 Å². The van der Waals surface area contributed by atoms with Gasteiger partial charge in [0.15, 0.2) is 9.84 Å². The third kappa shape index (κ3) is 2.55. The van der Waals surface area contributed by atoms with Crippen molar-refractivity contribution < 1.29 is 8.42 Å². The van der Waals surface area contributed by atoms with Crippen molar-refractivity contribution in [2.24, 2.45) is 5.92 Å². The number of aromatic nitrogens is 1. The lowest BCUT2D eigenvalue weighted by molar-refractivity contribution is 0.418. The molecule has 0 saturated carbocycles. The number of nitrogens with one attached hydrogen (secondary N) is 1. The maximum Gasteiger partial charge on any atom is 0.150 e. The molecule has 0 amide bonds. The first-order chi connectivity index (χ1) is 9.59. The summed E-state index contributed by atoms with van der Waals surface area (Å²) in [6.07, 6.45) is 2.58. The minimum absolute atomic E-state index is 0.0457. The summed E-state index contributed by atoms with van der Waals surface area (Å²) in [7, 11) is -0.982. The maximum absolute atomic E-state index is 11.7. The first kappa shape index (κ1) is 13.5. The monoisotopic (exact) mass is 290 g/mol. The van der Waals surface area contributed by atoms with Gasteiger partial charge in [-0.15, -0.1) is 0 Å². The Bertz CT molecular complexity index is 727. The van der Waals surface area contributed by atoms with Crippen LogP contribution in [0.3, 0.4) is 0 Å². The third-order valence-corrected chi connectivity index (χ3v) is 5.81. The number of para-hydroxylation sites is 1. The Morgan fingerprint density at radius 1 is 1.35 bits per heavy atom. The van der Waals surface area contributed by atoms with E-state index in [1.54, 1.807) is 0 Å². The molecule has 0 spiro atoms. The van der Waals surface area contributed by atoms with Crippen molar-refractivity contribution in [3.05, 3.63) is 42.1 Å². The Morgan fingerprint density at radius 3 is 2.85 bits per heavy atom. The van der Waals surface area contributed by atoms with Crippen molar-refractivity contribution in [2.75, 3.05) is 18.6 Å². The largest absolute Gasteiger partial charge is 0.313 e. The summed E-state index contributed by atoms with van der Waals surface area (Å²) in [6, 6.07) is 10.1. The molecule has 5 heteroatoms. The molecule has 0 aliphatic carbocycles. The van der Waals surface area contributed by atoms with Crippen LogP contribution in [0.25, 0.3) is 10.9 Å². The van der Waals surface area contributed by atoms with Crippen molar-refractivity contribution >= 4 is 20.7 Å². The predicted octanol–water partition coefficient (Wildman–Crippen LogP) is 1.93. The molecule has 1 N–H and O–H groups in total. The summed E-state index contributed by atoms with van der Waals surface area (Å²) in [4.78, 5) is 4.47. The highest BCUT2D eigenvalue weighted by molar-refractivity contribution is 7.91. The van der Waals surface area contributed by atoms with Gasteiger partial charge in [-0.05, 0) is 37.1 Å². The molecule has 106 valence electrons. The average Bonchev–Trinajstić information content (AvgIpc) is 2.80. The van der Waals surface area contributed by atoms with Gasteiger partial charge in [0, 0.05) is 17.6 Å². The Kier molecular flexibility index (Phi) is 3.48. The third-order valence-electron chi connectivity index (χ3n) is 4.02. The van der Waals surface area contributed by atoms with E-state index in [0.717, 1.165) is 22.9 Å². The van der Waals surface area contributed by atoms with E-state index in [1.807, 2.05) is 37.5 Å². The quantitative estimate of drug-likeness (QED) is 0.938. The molecule has 2 unspecified atom stereocenters. The van der Waals surface area contributed by atoms with Crippen LogP contribution in [0.1, 0.15) is 18.0 Å². The molecule has 3 rings (SSSR count). The molecule has 1 aliphatic rings. The van der Waals surface area contributed by atoms with E-state index in [0.29, 0.717) is 5.75 Å². The molecule has 1 aromatic carbocycles. The fourth-order valence-electron chi connectivity index (χ4n) is 3.02. The van der Waals surface area contributed by atoms with Crippen molar-refractivity contribution in [3.63, 3.8) is 0 Å². The lowest BCUT2D eigenvalue weighted by Gasteiger charge is -2.22. The first-order valence-corrected chi connectivity index (χ1v) is 8.63. The lowest BCUT2D eigenvalue weighted by Crippen LogP contribution is -2.26. The van der Waals surface area contributed by atoms with Crippen LogP contribution in [0.2, 0.25) is 0 Å². The Hall–Kier alpha value is -1.46. The van der Waals surface area contributed by atoms with E-state index in [9.17, 15) is 8.42 Å². The van der Waals surface area contributed by atoms with Crippen molar-refractivity contribution in [2.45, 2.75) is 12.5 Å². The fourth-order valence-corrected chi connectivity index (χ4v) is 4.86. The summed E-state index contributed by atoms with van der Waals surface area (Å²) in [5.74, 6) is 0.704. The molecule has 0 bridgehead atoms. The topological polar surface area (TPSA) is 59.1 Å². The van der Waals surface area contributed by atoms with Gasteiger partial charge in [0.1, 0.15) is 0 Å². The number of benzene rings is 1. The van der Waals surface area contributed by atoms with Gasteiger partial charge in [0.2, 0.25) is 0 Å². The highest BCUT2D eigenvalue weighted by Crippen LogP contribution is 2.31. The highest BCUT2D eigenvalue weighted by Gasteiger charge is 2.33. The zero-order valence-corrected chi connectivity index (χ0v) is 12.2. The van der Waals surface area contributed by atoms with Crippen LogP contribution in [-0.4, -0.2) is 32.0 Å². The second-order valence-electron chi connectivity index (χ2n) is 5.39. The number of fused-ring (bicyclic) bond motifs is 1. The Balaban J connectivity index is 1.95. The second-order valence-corrected chi connectivity index (χ2v) is 7.62. The predicted molar refractivity (Wildman–Crippen MR) is 80.3 cm³/mol. The van der Waals surface area contributed by atoms with Crippen LogP contribution in [-0.2, 0) is 9.84 Å². The maximum atomic E-state index is 11.7. The Labute approximate surface area is 119 Å². The van der Waals surface area contributed by atoms with Crippen molar-refractivity contribution in [3.8, 4) is 0 Å². The van der Waals surface area contributed by atoms with Crippen molar-refractivity contribution in [1.29, 1.82) is 0 Å². The summed E-state index contributed by atoms with van der Waals surface area (Å²) < 4.78 is 23.3. The standard InChI is InChI=1S/C15H18N2O2S/c1-16-15(12-6-7-20(18,19)10-12)13-8-11-4-2-3-5-14(11)17-9-13/h2-5,8-9,12,15-16H,6-7,10H2,1H3. The first-order valence-electron chi connectivity index (χ1n) is 6.81. The summed E-state index contributed by atoms with van der Waals surface area (Å²) >= 11 is 0. The van der Waals surface area contributed by atoms with Gasteiger partial charge in [0.25, 0.3) is 0 Å². The van der Waals surface area contributed by atoms with E-state index in [2.05, 4.69) is 16.4 Å². The van der Waals surface area contributed by atoms with Gasteiger partial charge in [-0.25, -0.2) is 8.42 Å². The number of hydrogen-bond acceptors (Lipinski definition) is 4. The number of rotatable bonds is 3. The van der Waals surface area contributed by atoms with Gasteiger partial charge < -0.3 is 5.32 Å². The lowest BCUT2D eigenvalue weighted by atomic mass is 9.93. The van der Waals surface area contributed by atoms with Gasteiger partial charge in [-0.1, -0.05) is 18.2 Å². The van der Waals surface area contributed by atoms with Gasteiger partial charge in [0.05, 0.1) is 17.0 Å². The van der Waals surface area contributed by atoms with Crippen LogP contribution >= 0.6 is 0 Å². The zero-order valence-electron chi connectivity index (χ0n) is 11.4. The van der Waals surface area contributed by atoms with E-state index in [4.69, 9.17) is 0 Å². The molecule has 1 saturated heterocycles. The van der Waals surface area contributed by atoms with E-state index >= 15 is 0 Å². The number of hydrogen-bond donors (Lipinski definition) is 1. The normalized spacial score (nSPS) is 22.9. The molecule has 2 aromatic rings. The second kappa shape index (κ2) is 5.14. The van der Waals surface area contributed by atoms with E-state index in [1.165, 1.54) is 0 Å². The van der Waals surface area contributed by atoms with Crippen molar-refractivity contribution in [1.82, 2.24) is 10.3 Å². The minimum atomic E-state index is -2.86. The highest BCUT2D eigenvalue weighted by atomic mass is 32.2. The summed E-state index contributed by atoms with van der Waals surface area (Å²) in [6.45, 7) is 0. The summed E-state index contributed by atoms with van der Waals surface area (Å²) in [5, 5.41) is 4.35. The molecule has 1 aromatic heterocycles. The van der Waals surface area contributed by atoms with E-state index in [-0.39, 0.29) is 17.7 Å². The van der Waals surface area contributed by atoms with Gasteiger partial charge in [-0.2, -0.15) is 0 Å². The average molecular weight is 290 g/mol. The Morgan fingerprint density at radius 2 is 2.15 bits per heavy atom. The molecular formula is C15H18N2O2S. The molecular weight excluding hydrogens is 272 g/mol. The molecule has 2 heterocycles. The number of nitrogens with zero attached hydrogens (tertiary/aromatic N) is 1. The van der Waals surface area contributed by atoms with E-state index < -0.39 is 9.84 Å². The van der Waals surface area contributed by atoms with Crippen LogP contribution in [0.5, 0.6) is 0 Å². The SMILES string of the molecule is CNC(c1cnc2ccccc2c1)C1CCS(=O)(=O)C1. The smallest absolute Gasteiger partial charge is 0.150 e.